The Morgan fingerprint density at radius 1 is 1.08 bits per heavy atom. The molecule has 0 unspecified atom stereocenters. The first-order valence-corrected chi connectivity index (χ1v) is 8.77. The highest BCUT2D eigenvalue weighted by Gasteiger charge is 2.14. The van der Waals surface area contributed by atoms with Gasteiger partial charge in [-0.05, 0) is 23.3 Å². The van der Waals surface area contributed by atoms with E-state index in [1.807, 2.05) is 35.7 Å². The Morgan fingerprint density at radius 3 is 2.50 bits per heavy atom. The van der Waals surface area contributed by atoms with Crippen LogP contribution < -0.4 is 5.56 Å². The van der Waals surface area contributed by atoms with Gasteiger partial charge in [-0.1, -0.05) is 30.3 Å². The van der Waals surface area contributed by atoms with Gasteiger partial charge in [-0.15, -0.1) is 11.3 Å². The van der Waals surface area contributed by atoms with Crippen LogP contribution in [0.1, 0.15) is 5.56 Å². The van der Waals surface area contributed by atoms with Crippen LogP contribution in [-0.4, -0.2) is 14.5 Å². The van der Waals surface area contributed by atoms with Crippen molar-refractivity contribution in [2.24, 2.45) is 0 Å². The van der Waals surface area contributed by atoms with E-state index in [0.29, 0.717) is 16.8 Å². The Labute approximate surface area is 152 Å². The van der Waals surface area contributed by atoms with Crippen molar-refractivity contribution in [1.82, 2.24) is 9.55 Å². The zero-order chi connectivity index (χ0) is 18.1. The zero-order valence-corrected chi connectivity index (χ0v) is 14.3. The molecule has 0 radical (unpaired) electrons. The third-order valence-corrected chi connectivity index (χ3v) is 5.03. The van der Waals surface area contributed by atoms with Crippen molar-refractivity contribution in [3.8, 4) is 11.1 Å². The Morgan fingerprint density at radius 2 is 1.81 bits per heavy atom. The predicted molar refractivity (Wildman–Crippen MR) is 102 cm³/mol. The molecular weight excluding hydrogens is 350 g/mol. The molecule has 0 aliphatic rings. The number of fused-ring (bicyclic) bond motifs is 1. The fourth-order valence-corrected chi connectivity index (χ4v) is 3.74. The number of nitro groups is 1. The van der Waals surface area contributed by atoms with E-state index < -0.39 is 4.92 Å². The number of aromatic nitrogens is 2. The first-order valence-electron chi connectivity index (χ1n) is 7.89. The van der Waals surface area contributed by atoms with E-state index in [0.717, 1.165) is 16.7 Å². The van der Waals surface area contributed by atoms with E-state index in [1.54, 1.807) is 23.0 Å². The SMILES string of the molecule is O=c1c2c(-c3ccc([N+](=O)[O-])cc3)csc2ncn1Cc1ccccc1. The van der Waals surface area contributed by atoms with Gasteiger partial charge in [0, 0.05) is 23.1 Å². The van der Waals surface area contributed by atoms with Crippen LogP contribution in [0.4, 0.5) is 5.69 Å². The molecule has 0 saturated heterocycles. The smallest absolute Gasteiger partial charge is 0.269 e. The number of hydrogen-bond donors (Lipinski definition) is 0. The van der Waals surface area contributed by atoms with E-state index in [2.05, 4.69) is 4.98 Å². The topological polar surface area (TPSA) is 78.0 Å². The average Bonchev–Trinajstić information content (AvgIpc) is 3.10. The third-order valence-electron chi connectivity index (χ3n) is 4.15. The molecule has 7 heteroatoms. The minimum absolute atomic E-state index is 0.0212. The Hall–Kier alpha value is -3.32. The summed E-state index contributed by atoms with van der Waals surface area (Å²) in [5.41, 5.74) is 2.43. The molecule has 0 saturated carbocycles. The summed E-state index contributed by atoms with van der Waals surface area (Å²) < 4.78 is 1.58. The number of thiophene rings is 1. The molecule has 4 aromatic rings. The molecule has 0 atom stereocenters. The molecule has 0 N–H and O–H groups in total. The molecule has 0 amide bonds. The predicted octanol–water partition coefficient (Wildman–Crippen LogP) is 4.08. The number of rotatable bonds is 4. The lowest BCUT2D eigenvalue weighted by atomic mass is 10.1. The molecular formula is C19H13N3O3S. The van der Waals surface area contributed by atoms with Gasteiger partial charge < -0.3 is 0 Å². The van der Waals surface area contributed by atoms with Crippen LogP contribution in [0.15, 0.2) is 71.1 Å². The standard InChI is InChI=1S/C19H13N3O3S/c23-19-17-16(14-6-8-15(9-7-14)22(24)25)11-26-18(17)20-12-21(19)10-13-4-2-1-3-5-13/h1-9,11-12H,10H2. The number of nitro benzene ring substituents is 1. The van der Waals surface area contributed by atoms with Crippen molar-refractivity contribution in [2.75, 3.05) is 0 Å². The number of hydrogen-bond acceptors (Lipinski definition) is 5. The van der Waals surface area contributed by atoms with E-state index in [1.165, 1.54) is 23.5 Å². The molecule has 0 aliphatic heterocycles. The number of nitrogens with zero attached hydrogens (tertiary/aromatic N) is 3. The molecule has 6 nitrogen and oxygen atoms in total. The second kappa shape index (κ2) is 6.53. The molecule has 0 spiro atoms. The molecule has 4 rings (SSSR count). The Kier molecular flexibility index (Phi) is 4.06. The quantitative estimate of drug-likeness (QED) is 0.404. The number of non-ortho nitro benzene ring substituents is 1. The summed E-state index contributed by atoms with van der Waals surface area (Å²) in [6.45, 7) is 0.443. The number of benzene rings is 2. The Balaban J connectivity index is 1.80. The second-order valence-corrected chi connectivity index (χ2v) is 6.65. The highest BCUT2D eigenvalue weighted by molar-refractivity contribution is 7.17. The maximum atomic E-state index is 13.0. The van der Waals surface area contributed by atoms with E-state index in [4.69, 9.17) is 0 Å². The molecule has 128 valence electrons. The molecule has 0 fully saturated rings. The summed E-state index contributed by atoms with van der Waals surface area (Å²) in [6, 6.07) is 15.9. The first kappa shape index (κ1) is 16.2. The summed E-state index contributed by atoms with van der Waals surface area (Å²) in [6.07, 6.45) is 1.56. The van der Waals surface area contributed by atoms with Crippen LogP contribution in [0, 0.1) is 10.1 Å². The van der Waals surface area contributed by atoms with Gasteiger partial charge in [0.25, 0.3) is 11.2 Å². The van der Waals surface area contributed by atoms with Gasteiger partial charge in [-0.2, -0.15) is 0 Å². The highest BCUT2D eigenvalue weighted by atomic mass is 32.1. The van der Waals surface area contributed by atoms with Crippen molar-refractivity contribution >= 4 is 27.2 Å². The van der Waals surface area contributed by atoms with Crippen molar-refractivity contribution in [1.29, 1.82) is 0 Å². The van der Waals surface area contributed by atoms with Crippen molar-refractivity contribution in [2.45, 2.75) is 6.54 Å². The van der Waals surface area contributed by atoms with Gasteiger partial charge in [-0.3, -0.25) is 19.5 Å². The van der Waals surface area contributed by atoms with Crippen LogP contribution in [0.3, 0.4) is 0 Å². The van der Waals surface area contributed by atoms with Gasteiger partial charge in [0.15, 0.2) is 0 Å². The minimum atomic E-state index is -0.441. The fraction of sp³-hybridized carbons (Fsp3) is 0.0526. The Bertz CT molecular complexity index is 1150. The molecule has 2 aromatic carbocycles. The molecule has 0 bridgehead atoms. The average molecular weight is 363 g/mol. The molecule has 2 aromatic heterocycles. The van der Waals surface area contributed by atoms with Crippen LogP contribution in [-0.2, 0) is 6.54 Å². The normalized spacial score (nSPS) is 10.9. The van der Waals surface area contributed by atoms with E-state index >= 15 is 0 Å². The first-order chi connectivity index (χ1) is 12.6. The lowest BCUT2D eigenvalue weighted by Gasteiger charge is -2.06. The third kappa shape index (κ3) is 2.89. The van der Waals surface area contributed by atoms with Crippen molar-refractivity contribution in [3.05, 3.63) is 92.3 Å². The lowest BCUT2D eigenvalue weighted by molar-refractivity contribution is -0.384. The van der Waals surface area contributed by atoms with Crippen LogP contribution in [0.2, 0.25) is 0 Å². The fourth-order valence-electron chi connectivity index (χ4n) is 2.84. The van der Waals surface area contributed by atoms with E-state index in [9.17, 15) is 14.9 Å². The minimum Gasteiger partial charge on any atom is -0.294 e. The summed E-state index contributed by atoms with van der Waals surface area (Å²) in [5.74, 6) is 0. The molecule has 26 heavy (non-hydrogen) atoms. The zero-order valence-electron chi connectivity index (χ0n) is 13.5. The summed E-state index contributed by atoms with van der Waals surface area (Å²) in [4.78, 5) is 28.4. The summed E-state index contributed by atoms with van der Waals surface area (Å²) >= 11 is 1.39. The van der Waals surface area contributed by atoms with Crippen LogP contribution >= 0.6 is 11.3 Å². The van der Waals surface area contributed by atoms with Gasteiger partial charge >= 0.3 is 0 Å². The van der Waals surface area contributed by atoms with Crippen LogP contribution in [0.5, 0.6) is 0 Å². The van der Waals surface area contributed by atoms with Gasteiger partial charge in [0.2, 0.25) is 0 Å². The van der Waals surface area contributed by atoms with Crippen molar-refractivity contribution < 1.29 is 4.92 Å². The lowest BCUT2D eigenvalue weighted by Crippen LogP contribution is -2.20. The van der Waals surface area contributed by atoms with Gasteiger partial charge in [0.1, 0.15) is 4.83 Å². The maximum absolute atomic E-state index is 13.0. The van der Waals surface area contributed by atoms with Gasteiger partial charge in [-0.25, -0.2) is 4.98 Å². The largest absolute Gasteiger partial charge is 0.294 e. The van der Waals surface area contributed by atoms with E-state index in [-0.39, 0.29) is 11.2 Å². The summed E-state index contributed by atoms with van der Waals surface area (Å²) in [7, 11) is 0. The summed E-state index contributed by atoms with van der Waals surface area (Å²) in [5, 5.41) is 13.2. The molecule has 2 heterocycles. The van der Waals surface area contributed by atoms with Crippen molar-refractivity contribution in [3.63, 3.8) is 0 Å². The maximum Gasteiger partial charge on any atom is 0.269 e. The highest BCUT2D eigenvalue weighted by Crippen LogP contribution is 2.31. The second-order valence-electron chi connectivity index (χ2n) is 5.80. The monoisotopic (exact) mass is 363 g/mol. The van der Waals surface area contributed by atoms with Gasteiger partial charge in [0.05, 0.1) is 23.2 Å². The van der Waals surface area contributed by atoms with Crippen LogP contribution in [0.25, 0.3) is 21.3 Å². The molecule has 0 aliphatic carbocycles.